The molecule has 16 rings (SSSR count). The summed E-state index contributed by atoms with van der Waals surface area (Å²) in [6, 6.07) is 64.4. The van der Waals surface area contributed by atoms with Crippen molar-refractivity contribution in [3.05, 3.63) is 361 Å². The van der Waals surface area contributed by atoms with Crippen molar-refractivity contribution in [3.63, 3.8) is 0 Å². The Morgan fingerprint density at radius 1 is 0.403 bits per heavy atom. The Balaban J connectivity index is 0.000000137. The third-order valence-electron chi connectivity index (χ3n) is 18.8. The number of benzene rings is 10. The number of rotatable bonds is 17. The van der Waals surface area contributed by atoms with Gasteiger partial charge in [0.25, 0.3) is 17.7 Å². The second kappa shape index (κ2) is 35.1. The van der Waals surface area contributed by atoms with E-state index in [2.05, 4.69) is 67.3 Å². The molecule has 0 aliphatic carbocycles. The second-order valence-corrected chi connectivity index (χ2v) is 27.7. The van der Waals surface area contributed by atoms with Crippen molar-refractivity contribution in [3.8, 4) is 0 Å². The highest BCUT2D eigenvalue weighted by Gasteiger charge is 2.34. The van der Waals surface area contributed by atoms with Crippen molar-refractivity contribution in [2.75, 3.05) is 16.0 Å². The minimum absolute atomic E-state index is 0.0209. The normalized spacial score (nSPS) is 11.6. The average molecular weight is 1690 g/mol. The van der Waals surface area contributed by atoms with Crippen LogP contribution in [0.2, 0.25) is 0 Å². The zero-order chi connectivity index (χ0) is 84.5. The first-order valence-electron chi connectivity index (χ1n) is 36.0. The van der Waals surface area contributed by atoms with Gasteiger partial charge in [-0.1, -0.05) is 140 Å². The molecule has 6 aromatic heterocycles. The first kappa shape index (κ1) is 82.8. The number of aromatic amines is 1. The molecule has 0 saturated carbocycles. The number of fused-ring (bicyclic) bond motifs is 4. The van der Waals surface area contributed by atoms with E-state index in [0.29, 0.717) is 89.3 Å². The fourth-order valence-corrected chi connectivity index (χ4v) is 13.2. The summed E-state index contributed by atoms with van der Waals surface area (Å²) in [5.74, 6) is 0.414. The fraction of sp³-hybridized carbons (Fsp3) is 0.126. The van der Waals surface area contributed by atoms with E-state index in [1.807, 2.05) is 103 Å². The van der Waals surface area contributed by atoms with E-state index in [1.54, 1.807) is 81.1 Å². The highest BCUT2D eigenvalue weighted by atomic mass is 79.9. The molecule has 16 aromatic rings. The Morgan fingerprint density at radius 3 is 1.08 bits per heavy atom. The predicted octanol–water partition coefficient (Wildman–Crippen LogP) is 21.8. The zero-order valence-corrected chi connectivity index (χ0v) is 63.9. The zero-order valence-electron chi connectivity index (χ0n) is 62.3. The Bertz CT molecular complexity index is 6230. The monoisotopic (exact) mass is 1690 g/mol. The van der Waals surface area contributed by atoms with Crippen LogP contribution in [-0.2, 0) is 57.3 Å². The minimum atomic E-state index is -4.38. The van der Waals surface area contributed by atoms with E-state index in [-0.39, 0.29) is 56.1 Å². The van der Waals surface area contributed by atoms with Gasteiger partial charge in [-0.25, -0.2) is 4.85 Å². The van der Waals surface area contributed by atoms with Gasteiger partial charge in [0, 0.05) is 37.3 Å². The van der Waals surface area contributed by atoms with Gasteiger partial charge in [0.05, 0.1) is 118 Å². The number of amides is 3. The molecule has 4 N–H and O–H groups in total. The van der Waals surface area contributed by atoms with Gasteiger partial charge in [0.1, 0.15) is 5.76 Å². The first-order chi connectivity index (χ1) is 56.8. The molecule has 602 valence electrons. The lowest BCUT2D eigenvalue weighted by atomic mass is 10.0. The Kier molecular flexibility index (Phi) is 24.4. The van der Waals surface area contributed by atoms with E-state index in [4.69, 9.17) is 11.0 Å². The molecular formula is C87H63BrF12N14O5. The van der Waals surface area contributed by atoms with Gasteiger partial charge in [-0.3, -0.25) is 43.0 Å². The van der Waals surface area contributed by atoms with Crippen LogP contribution < -0.4 is 16.0 Å². The van der Waals surface area contributed by atoms with Crippen LogP contribution in [0.3, 0.4) is 0 Å². The number of nitrogens with one attached hydrogen (secondary N) is 4. The number of aromatic nitrogens is 10. The smallest absolute Gasteiger partial charge is 0.416 e. The SMILES string of the molecule is Cc1[nH]ncc1C(=O)Nc1nn(Cc2ccc(C(F)(F)F)cc2)c2ccccc12.Cc1occc1C(=O)Nc1nn(Cc2ccc(C(F)(F)F)cc2)c2ccccc12.O=C(Nc1nn(Cc2ccc(C(F)(F)F)cc2)c2ccccc12)c1ccccc1Br.[C-]#[N+]c1ccccc1C(=O)Cc1nn(Cc2ccc(C(F)(F)F)cc2)c2ccccc12. The number of H-pyrrole nitrogens is 1. The van der Waals surface area contributed by atoms with Crippen molar-refractivity contribution in [2.45, 2.75) is 71.2 Å². The number of hydrogen-bond donors (Lipinski definition) is 4. The number of anilines is 3. The number of alkyl halides is 12. The summed E-state index contributed by atoms with van der Waals surface area (Å²) in [5.41, 5.74) is 6.04. The lowest BCUT2D eigenvalue weighted by Crippen LogP contribution is -2.13. The molecule has 0 bridgehead atoms. The third kappa shape index (κ3) is 19.7. The molecule has 0 atom stereocenters. The molecule has 0 spiro atoms. The quantitative estimate of drug-likeness (QED) is 0.0383. The first-order valence-corrected chi connectivity index (χ1v) is 36.8. The Hall–Kier alpha value is -14.2. The highest BCUT2D eigenvalue weighted by Crippen LogP contribution is 2.36. The number of aryl methyl sites for hydroxylation is 2. The van der Waals surface area contributed by atoms with Crippen LogP contribution in [-0.4, -0.2) is 72.8 Å². The molecule has 32 heteroatoms. The molecule has 3 amide bonds. The number of furan rings is 1. The largest absolute Gasteiger partial charge is 0.469 e. The number of hydrogen-bond acceptors (Lipinski definition) is 10. The number of halogens is 13. The van der Waals surface area contributed by atoms with E-state index >= 15 is 0 Å². The fourth-order valence-electron chi connectivity index (χ4n) is 12.8. The van der Waals surface area contributed by atoms with Crippen molar-refractivity contribution in [2.24, 2.45) is 0 Å². The van der Waals surface area contributed by atoms with Gasteiger partial charge in [-0.15, -0.1) is 0 Å². The van der Waals surface area contributed by atoms with Gasteiger partial charge in [-0.05, 0) is 161 Å². The summed E-state index contributed by atoms with van der Waals surface area (Å²) >= 11 is 3.36. The van der Waals surface area contributed by atoms with E-state index in [1.165, 1.54) is 61.0 Å². The molecule has 6 heterocycles. The van der Waals surface area contributed by atoms with Crippen LogP contribution in [0.15, 0.2) is 270 Å². The highest BCUT2D eigenvalue weighted by molar-refractivity contribution is 9.10. The molecule has 0 radical (unpaired) electrons. The van der Waals surface area contributed by atoms with Crippen molar-refractivity contribution < 1.29 is 76.3 Å². The van der Waals surface area contributed by atoms with Crippen LogP contribution in [0, 0.1) is 20.4 Å². The Labute approximate surface area is 676 Å². The van der Waals surface area contributed by atoms with Gasteiger partial charge in [0.2, 0.25) is 0 Å². The third-order valence-corrected chi connectivity index (χ3v) is 19.5. The van der Waals surface area contributed by atoms with Gasteiger partial charge >= 0.3 is 24.7 Å². The second-order valence-electron chi connectivity index (χ2n) is 26.8. The molecule has 119 heavy (non-hydrogen) atoms. The van der Waals surface area contributed by atoms with Crippen molar-refractivity contribution in [1.29, 1.82) is 0 Å². The number of nitrogens with zero attached hydrogens (tertiary/aromatic N) is 10. The summed E-state index contributed by atoms with van der Waals surface area (Å²) in [6.07, 6.45) is -14.6. The molecule has 0 aliphatic rings. The summed E-state index contributed by atoms with van der Waals surface area (Å²) in [7, 11) is 0. The molecule has 0 unspecified atom stereocenters. The maximum absolute atomic E-state index is 12.8. The summed E-state index contributed by atoms with van der Waals surface area (Å²) < 4.78 is 166. The molecule has 0 saturated heterocycles. The lowest BCUT2D eigenvalue weighted by Gasteiger charge is -2.08. The maximum Gasteiger partial charge on any atom is 0.416 e. The van der Waals surface area contributed by atoms with Crippen LogP contribution in [0.25, 0.3) is 48.5 Å². The van der Waals surface area contributed by atoms with Crippen LogP contribution >= 0.6 is 15.9 Å². The topological polar surface area (TPSA) is 222 Å². The van der Waals surface area contributed by atoms with Gasteiger partial charge in [-0.2, -0.15) is 78.2 Å². The number of carbonyl (C=O) groups excluding carboxylic acids is 4. The maximum atomic E-state index is 12.8. The lowest BCUT2D eigenvalue weighted by molar-refractivity contribution is -0.138. The summed E-state index contributed by atoms with van der Waals surface area (Å²) in [5, 5.41) is 35.9. The summed E-state index contributed by atoms with van der Waals surface area (Å²) in [4.78, 5) is 53.9. The summed E-state index contributed by atoms with van der Waals surface area (Å²) in [6.45, 7) is 11.7. The molecule has 0 aliphatic heterocycles. The van der Waals surface area contributed by atoms with E-state index in [9.17, 15) is 71.9 Å². The number of para-hydroxylation sites is 5. The van der Waals surface area contributed by atoms with Gasteiger partial charge < -0.3 is 20.4 Å². The number of ketones is 1. The minimum Gasteiger partial charge on any atom is -0.469 e. The molecule has 19 nitrogen and oxygen atoms in total. The number of Topliss-reactive ketones (excluding diaryl/α,β-unsaturated/α-hetero) is 1. The van der Waals surface area contributed by atoms with Crippen molar-refractivity contribution >= 4 is 106 Å². The Morgan fingerprint density at radius 2 is 0.731 bits per heavy atom. The predicted molar refractivity (Wildman–Crippen MR) is 427 cm³/mol. The van der Waals surface area contributed by atoms with Gasteiger partial charge in [0.15, 0.2) is 28.9 Å². The standard InChI is InChI=1S/C24H16F3N3O.C22H15BrF3N3O.C21H16F3N3O2.C20H16F3N5O/c1-28-20-8-4-2-7-19(20)23(31)14-21-18-6-3-5-9-22(18)30(29-21)15-16-10-12-17(13-11-16)24(25,26)27;23-18-7-3-1-5-16(18)21(30)27-20-17-6-2-4-8-19(17)29(28-20)13-14-9-11-15(12-10-14)22(24,25)26;1-13-16(10-11-29-13)20(28)25-19-17-4-2-3-5-18(17)27(26-19)12-14-6-8-15(9-7-14)21(22,23)24;1-12-16(10-24-26-12)19(29)25-18-15-4-2-3-5-17(15)28(27-18)11-13-6-8-14(9-7-13)20(21,22)23/h2-13H,14-15H2;1-12H,13H2,(H,27,28,30);2-11H,12H2,1H3,(H,25,26,28);2-10H,11H2,1H3,(H,24,26)(H,25,27,29). The van der Waals surface area contributed by atoms with Crippen molar-refractivity contribution in [1.82, 2.24) is 49.3 Å². The molecule has 10 aromatic carbocycles. The average Bonchev–Trinajstić information content (AvgIpc) is 1.66. The van der Waals surface area contributed by atoms with Crippen LogP contribution in [0.1, 0.15) is 103 Å². The number of carbonyl (C=O) groups is 4. The van der Waals surface area contributed by atoms with Crippen LogP contribution in [0.4, 0.5) is 75.8 Å². The van der Waals surface area contributed by atoms with Crippen LogP contribution in [0.5, 0.6) is 0 Å². The van der Waals surface area contributed by atoms with E-state index < -0.39 is 47.0 Å². The van der Waals surface area contributed by atoms with E-state index in [0.717, 1.165) is 92.1 Å². The molecule has 0 fully saturated rings. The molecular weight excluding hydrogens is 1630 g/mol.